The van der Waals surface area contributed by atoms with E-state index in [1.54, 1.807) is 56.4 Å². The first kappa shape index (κ1) is 23.0. The standard InChI is InChI=1S/C24H26N6O4/c1-6-25-21-15(3)27-23(28(21)5)34-19-10-8-18(9-11-19)30-22-20(29(7-2)24(30)32)17(12-13-26-22)14-33-16(4)31/h6,8-13H,7,14H2,1-5H3. The first-order valence-corrected chi connectivity index (χ1v) is 10.9. The van der Waals surface area contributed by atoms with Crippen LogP contribution in [0.4, 0.5) is 5.82 Å². The Balaban J connectivity index is 1.71. The zero-order chi connectivity index (χ0) is 24.4. The van der Waals surface area contributed by atoms with Crippen LogP contribution in [-0.2, 0) is 29.7 Å². The van der Waals surface area contributed by atoms with E-state index < -0.39 is 0 Å². The molecule has 4 aromatic rings. The Hall–Kier alpha value is -4.21. The molecule has 176 valence electrons. The monoisotopic (exact) mass is 462 g/mol. The predicted octanol–water partition coefficient (Wildman–Crippen LogP) is 3.83. The Bertz CT molecular complexity index is 1440. The number of aromatic nitrogens is 5. The van der Waals surface area contributed by atoms with Gasteiger partial charge in [-0.25, -0.2) is 19.3 Å². The van der Waals surface area contributed by atoms with E-state index in [1.165, 1.54) is 6.92 Å². The Kier molecular flexibility index (Phi) is 6.31. The van der Waals surface area contributed by atoms with Gasteiger partial charge >= 0.3 is 17.7 Å². The van der Waals surface area contributed by atoms with E-state index in [1.807, 2.05) is 27.8 Å². The quantitative estimate of drug-likeness (QED) is 0.305. The van der Waals surface area contributed by atoms with Gasteiger partial charge < -0.3 is 9.47 Å². The lowest BCUT2D eigenvalue weighted by Crippen LogP contribution is -2.22. The number of carbonyl (C=O) groups excluding carboxylic acids is 1. The predicted molar refractivity (Wildman–Crippen MR) is 128 cm³/mol. The van der Waals surface area contributed by atoms with Crippen LogP contribution in [0.2, 0.25) is 0 Å². The third kappa shape index (κ3) is 4.09. The van der Waals surface area contributed by atoms with E-state index in [2.05, 4.69) is 15.0 Å². The normalized spacial score (nSPS) is 11.4. The zero-order valence-electron chi connectivity index (χ0n) is 19.8. The van der Waals surface area contributed by atoms with Crippen LogP contribution in [-0.4, -0.2) is 35.9 Å². The summed E-state index contributed by atoms with van der Waals surface area (Å²) in [6, 6.07) is 9.29. The molecule has 10 heteroatoms. The summed E-state index contributed by atoms with van der Waals surface area (Å²) in [4.78, 5) is 37.8. The van der Waals surface area contributed by atoms with Crippen LogP contribution in [0.3, 0.4) is 0 Å². The van der Waals surface area contributed by atoms with E-state index >= 15 is 0 Å². The number of aryl methyl sites for hydroxylation is 2. The molecule has 0 aliphatic heterocycles. The van der Waals surface area contributed by atoms with Crippen molar-refractivity contribution in [3.8, 4) is 17.4 Å². The van der Waals surface area contributed by atoms with Crippen molar-refractivity contribution >= 4 is 29.2 Å². The zero-order valence-corrected chi connectivity index (χ0v) is 19.8. The molecule has 4 rings (SSSR count). The largest absolute Gasteiger partial charge is 0.461 e. The molecular weight excluding hydrogens is 436 g/mol. The van der Waals surface area contributed by atoms with Crippen LogP contribution in [0.1, 0.15) is 32.0 Å². The van der Waals surface area contributed by atoms with Crippen LogP contribution in [0.25, 0.3) is 16.9 Å². The van der Waals surface area contributed by atoms with Gasteiger partial charge in [0, 0.05) is 38.5 Å². The van der Waals surface area contributed by atoms with Gasteiger partial charge in [-0.05, 0) is 51.1 Å². The van der Waals surface area contributed by atoms with E-state index in [0.717, 1.165) is 11.5 Å². The number of imidazole rings is 2. The number of esters is 1. The molecule has 0 saturated heterocycles. The fourth-order valence-corrected chi connectivity index (χ4v) is 3.83. The van der Waals surface area contributed by atoms with Crippen molar-refractivity contribution in [2.45, 2.75) is 40.8 Å². The maximum absolute atomic E-state index is 13.3. The van der Waals surface area contributed by atoms with Crippen molar-refractivity contribution in [3.05, 3.63) is 58.3 Å². The molecule has 0 amide bonds. The van der Waals surface area contributed by atoms with E-state index in [0.29, 0.717) is 40.7 Å². The van der Waals surface area contributed by atoms with Gasteiger partial charge in [-0.15, -0.1) is 0 Å². The van der Waals surface area contributed by atoms with Crippen molar-refractivity contribution in [2.24, 2.45) is 12.0 Å². The number of ether oxygens (including phenoxy) is 2. The molecule has 3 heterocycles. The number of hydrogen-bond acceptors (Lipinski definition) is 7. The second-order valence-corrected chi connectivity index (χ2v) is 7.63. The third-order valence-electron chi connectivity index (χ3n) is 5.39. The molecule has 0 radical (unpaired) electrons. The number of aliphatic imine (C=N–C) groups is 1. The molecule has 10 nitrogen and oxygen atoms in total. The van der Waals surface area contributed by atoms with Gasteiger partial charge in [0.05, 0.1) is 16.9 Å². The minimum atomic E-state index is -0.387. The smallest absolute Gasteiger partial charge is 0.334 e. The fourth-order valence-electron chi connectivity index (χ4n) is 3.83. The summed E-state index contributed by atoms with van der Waals surface area (Å²) in [5.41, 5.74) is 3.03. The molecule has 0 bridgehead atoms. The summed E-state index contributed by atoms with van der Waals surface area (Å²) in [7, 11) is 1.84. The van der Waals surface area contributed by atoms with Crippen molar-refractivity contribution in [1.82, 2.24) is 23.7 Å². The second kappa shape index (κ2) is 9.34. The van der Waals surface area contributed by atoms with Gasteiger partial charge in [0.25, 0.3) is 0 Å². The van der Waals surface area contributed by atoms with Crippen LogP contribution < -0.4 is 10.4 Å². The molecule has 0 N–H and O–H groups in total. The highest BCUT2D eigenvalue weighted by atomic mass is 16.5. The SMILES string of the molecule is CC=Nc1c(C)nc(Oc2ccc(-n3c(=O)n(CC)c4c(COC(C)=O)ccnc43)cc2)n1C. The van der Waals surface area contributed by atoms with Gasteiger partial charge in [-0.3, -0.25) is 13.9 Å². The number of hydrogen-bond donors (Lipinski definition) is 0. The summed E-state index contributed by atoms with van der Waals surface area (Å²) >= 11 is 0. The maximum atomic E-state index is 13.3. The van der Waals surface area contributed by atoms with Gasteiger partial charge in [0.15, 0.2) is 11.5 Å². The highest BCUT2D eigenvalue weighted by Crippen LogP contribution is 2.28. The Labute approximate surface area is 196 Å². The number of nitrogens with zero attached hydrogens (tertiary/aromatic N) is 6. The van der Waals surface area contributed by atoms with Crippen LogP contribution in [0.5, 0.6) is 11.8 Å². The van der Waals surface area contributed by atoms with Crippen molar-refractivity contribution in [3.63, 3.8) is 0 Å². The molecule has 0 fully saturated rings. The molecule has 3 aromatic heterocycles. The van der Waals surface area contributed by atoms with Crippen molar-refractivity contribution in [2.75, 3.05) is 0 Å². The maximum Gasteiger partial charge on any atom is 0.334 e. The van der Waals surface area contributed by atoms with Crippen molar-refractivity contribution in [1.29, 1.82) is 0 Å². The molecule has 1 aromatic carbocycles. The molecule has 34 heavy (non-hydrogen) atoms. The van der Waals surface area contributed by atoms with Crippen molar-refractivity contribution < 1.29 is 14.3 Å². The minimum Gasteiger partial charge on any atom is -0.461 e. The summed E-state index contributed by atoms with van der Waals surface area (Å²) in [5, 5.41) is 0. The lowest BCUT2D eigenvalue weighted by molar-refractivity contribution is -0.142. The summed E-state index contributed by atoms with van der Waals surface area (Å²) in [6.45, 7) is 7.47. The van der Waals surface area contributed by atoms with Gasteiger partial charge in [-0.2, -0.15) is 4.98 Å². The molecule has 0 saturated carbocycles. The number of pyridine rings is 1. The second-order valence-electron chi connectivity index (χ2n) is 7.63. The Morgan fingerprint density at radius 3 is 2.59 bits per heavy atom. The van der Waals surface area contributed by atoms with E-state index in [9.17, 15) is 9.59 Å². The highest BCUT2D eigenvalue weighted by molar-refractivity contribution is 5.78. The number of benzene rings is 1. The summed E-state index contributed by atoms with van der Waals surface area (Å²) in [6.07, 6.45) is 3.31. The molecule has 0 aliphatic rings. The van der Waals surface area contributed by atoms with E-state index in [-0.39, 0.29) is 18.3 Å². The average molecular weight is 463 g/mol. The molecule has 0 atom stereocenters. The first-order chi connectivity index (χ1) is 16.3. The number of rotatable bonds is 7. The summed E-state index contributed by atoms with van der Waals surface area (Å²) in [5.74, 6) is 0.908. The Morgan fingerprint density at radius 2 is 1.94 bits per heavy atom. The molecule has 0 unspecified atom stereocenters. The minimum absolute atomic E-state index is 0.0672. The number of fused-ring (bicyclic) bond motifs is 1. The van der Waals surface area contributed by atoms with Gasteiger partial charge in [-0.1, -0.05) is 0 Å². The van der Waals surface area contributed by atoms with Crippen LogP contribution in [0, 0.1) is 6.92 Å². The Morgan fingerprint density at radius 1 is 1.21 bits per heavy atom. The van der Waals surface area contributed by atoms with Gasteiger partial charge in [0.2, 0.25) is 0 Å². The lowest BCUT2D eigenvalue weighted by atomic mass is 10.2. The van der Waals surface area contributed by atoms with Crippen LogP contribution >= 0.6 is 0 Å². The topological polar surface area (TPSA) is 106 Å². The van der Waals surface area contributed by atoms with Crippen LogP contribution in [0.15, 0.2) is 46.3 Å². The van der Waals surface area contributed by atoms with E-state index in [4.69, 9.17) is 9.47 Å². The summed E-state index contributed by atoms with van der Waals surface area (Å²) < 4.78 is 16.1. The molecular formula is C24H26N6O4. The van der Waals surface area contributed by atoms with Gasteiger partial charge in [0.1, 0.15) is 12.4 Å². The molecule has 0 aliphatic carbocycles. The average Bonchev–Trinajstić information content (AvgIpc) is 3.25. The highest BCUT2D eigenvalue weighted by Gasteiger charge is 2.19. The molecule has 0 spiro atoms. The third-order valence-corrected chi connectivity index (χ3v) is 5.39. The first-order valence-electron chi connectivity index (χ1n) is 10.9. The lowest BCUT2D eigenvalue weighted by Gasteiger charge is -2.08. The fraction of sp³-hybridized carbons (Fsp3) is 0.292. The number of carbonyl (C=O) groups is 1.